The van der Waals surface area contributed by atoms with Gasteiger partial charge in [0.1, 0.15) is 5.54 Å². The van der Waals surface area contributed by atoms with Crippen molar-refractivity contribution in [3.63, 3.8) is 0 Å². The van der Waals surface area contributed by atoms with Crippen LogP contribution in [-0.4, -0.2) is 38.9 Å². The molecule has 0 aromatic rings. The number of hydrogen-bond acceptors (Lipinski definition) is 4. The summed E-state index contributed by atoms with van der Waals surface area (Å²) in [4.78, 5) is 21.7. The smallest absolute Gasteiger partial charge is 0.326 e. The lowest BCUT2D eigenvalue weighted by Gasteiger charge is -2.26. The molecule has 2 fully saturated rings. The van der Waals surface area contributed by atoms with Crippen LogP contribution < -0.4 is 5.73 Å². The Labute approximate surface area is 80.7 Å². The van der Waals surface area contributed by atoms with Crippen LogP contribution in [0.15, 0.2) is 0 Å². The largest absolute Gasteiger partial charge is 0.481 e. The predicted molar refractivity (Wildman–Crippen MR) is 43.3 cm³/mol. The van der Waals surface area contributed by atoms with E-state index in [1.807, 2.05) is 0 Å². The van der Waals surface area contributed by atoms with Crippen molar-refractivity contribution in [2.24, 2.45) is 23.5 Å². The van der Waals surface area contributed by atoms with Gasteiger partial charge < -0.3 is 21.1 Å². The maximum atomic E-state index is 10.9. The highest BCUT2D eigenvalue weighted by atomic mass is 16.4. The number of hydrogen-bond donors (Lipinski definition) is 4. The SMILES string of the molecule is [3H][C@@]1(O)C[C@H]2[C@H](C(=O)O)[C@H]2[C@]1(N)C(=O)O. The van der Waals surface area contributed by atoms with E-state index in [1.54, 1.807) is 0 Å². The highest BCUT2D eigenvalue weighted by Crippen LogP contribution is 2.61. The molecule has 78 valence electrons. The molecule has 0 bridgehead atoms. The zero-order valence-corrected chi connectivity index (χ0v) is 7.17. The van der Waals surface area contributed by atoms with Crippen LogP contribution in [0.5, 0.6) is 0 Å². The highest BCUT2D eigenvalue weighted by molar-refractivity contribution is 5.86. The molecule has 6 heteroatoms. The van der Waals surface area contributed by atoms with E-state index in [2.05, 4.69) is 0 Å². The van der Waals surface area contributed by atoms with Crippen LogP contribution in [0, 0.1) is 17.8 Å². The number of carbonyl (C=O) groups is 2. The first-order valence-electron chi connectivity index (χ1n) is 4.71. The van der Waals surface area contributed by atoms with Gasteiger partial charge in [-0.25, -0.2) is 0 Å². The third-order valence-corrected chi connectivity index (χ3v) is 3.24. The fourth-order valence-electron chi connectivity index (χ4n) is 2.44. The van der Waals surface area contributed by atoms with Crippen molar-refractivity contribution in [2.45, 2.75) is 18.0 Å². The van der Waals surface area contributed by atoms with Crippen LogP contribution in [-0.2, 0) is 9.59 Å². The van der Waals surface area contributed by atoms with Crippen LogP contribution in [0.1, 0.15) is 7.79 Å². The average Bonchev–Trinajstić information content (AvgIpc) is 2.70. The molecule has 5 N–H and O–H groups in total. The molecule has 0 aromatic carbocycles. The van der Waals surface area contributed by atoms with Gasteiger partial charge in [0.05, 0.1) is 13.4 Å². The molecule has 0 aromatic heterocycles. The number of aliphatic carboxylic acids is 2. The standard InChI is InChI=1S/C8H11NO5/c9-8(7(13)14)3(10)1-2-4(5(2)8)6(11)12/h2-5,10H,1,9H2,(H,11,12)(H,13,14)/t2-,3+,4-,5-,8-/m0/s1/i3T. The summed E-state index contributed by atoms with van der Waals surface area (Å²) in [5, 5.41) is 27.2. The second kappa shape index (κ2) is 2.46. The molecule has 14 heavy (non-hydrogen) atoms. The molecule has 2 aliphatic carbocycles. The van der Waals surface area contributed by atoms with Gasteiger partial charge in [0, 0.05) is 5.92 Å². The normalized spacial score (nSPS) is 56.1. The fourth-order valence-corrected chi connectivity index (χ4v) is 2.44. The van der Waals surface area contributed by atoms with E-state index in [4.69, 9.17) is 17.3 Å². The lowest BCUT2D eigenvalue weighted by molar-refractivity contribution is -0.149. The van der Waals surface area contributed by atoms with E-state index in [0.717, 1.165) is 0 Å². The molecule has 6 nitrogen and oxygen atoms in total. The fraction of sp³-hybridized carbons (Fsp3) is 0.750. The van der Waals surface area contributed by atoms with Crippen molar-refractivity contribution in [2.75, 3.05) is 0 Å². The van der Waals surface area contributed by atoms with E-state index in [1.165, 1.54) is 0 Å². The zero-order valence-electron chi connectivity index (χ0n) is 8.17. The third kappa shape index (κ3) is 0.869. The summed E-state index contributed by atoms with van der Waals surface area (Å²) in [5.74, 6) is -4.80. The molecule has 0 spiro atoms. The Morgan fingerprint density at radius 1 is 1.50 bits per heavy atom. The molecule has 0 saturated heterocycles. The lowest BCUT2D eigenvalue weighted by Crippen LogP contribution is -2.57. The second-order valence-corrected chi connectivity index (χ2v) is 3.88. The Hall–Kier alpha value is -1.14. The molecule has 0 aliphatic heterocycles. The minimum Gasteiger partial charge on any atom is -0.481 e. The highest BCUT2D eigenvalue weighted by Gasteiger charge is 2.73. The van der Waals surface area contributed by atoms with Gasteiger partial charge >= 0.3 is 11.9 Å². The number of nitrogens with two attached hydrogens (primary N) is 1. The molecule has 0 amide bonds. The summed E-state index contributed by atoms with van der Waals surface area (Å²) in [6.45, 7) is 0. The molecule has 2 aliphatic rings. The molecule has 2 rings (SSSR count). The van der Waals surface area contributed by atoms with E-state index in [0.29, 0.717) is 0 Å². The molecule has 0 heterocycles. The van der Waals surface area contributed by atoms with Crippen LogP contribution in [0.3, 0.4) is 0 Å². The van der Waals surface area contributed by atoms with Gasteiger partial charge in [-0.15, -0.1) is 0 Å². The van der Waals surface area contributed by atoms with Gasteiger partial charge in [-0.05, 0) is 12.3 Å². The van der Waals surface area contributed by atoms with Crippen LogP contribution in [0.25, 0.3) is 0 Å². The first kappa shape index (κ1) is 8.19. The average molecular weight is 203 g/mol. The van der Waals surface area contributed by atoms with Crippen molar-refractivity contribution in [1.29, 1.82) is 0 Å². The summed E-state index contributed by atoms with van der Waals surface area (Å²) < 4.78 is 7.42. The Bertz CT molecular complexity index is 357. The van der Waals surface area contributed by atoms with Gasteiger partial charge in [-0.3, -0.25) is 9.59 Å². The van der Waals surface area contributed by atoms with Crippen molar-refractivity contribution < 1.29 is 26.3 Å². The first-order chi connectivity index (χ1) is 6.73. The topological polar surface area (TPSA) is 121 Å². The second-order valence-electron chi connectivity index (χ2n) is 3.88. The molecule has 0 unspecified atom stereocenters. The lowest BCUT2D eigenvalue weighted by atomic mass is 9.89. The summed E-state index contributed by atoms with van der Waals surface area (Å²) in [5.41, 5.74) is 3.33. The molecular weight excluding hydrogens is 190 g/mol. The first-order valence-corrected chi connectivity index (χ1v) is 4.21. The maximum absolute atomic E-state index is 10.9. The summed E-state index contributed by atoms with van der Waals surface area (Å²) in [6, 6.07) is 0. The summed E-state index contributed by atoms with van der Waals surface area (Å²) in [6.07, 6.45) is -2.47. The predicted octanol–water partition coefficient (Wildman–Crippen LogP) is -1.52. The maximum Gasteiger partial charge on any atom is 0.326 e. The number of rotatable bonds is 2. The minimum absolute atomic E-state index is 0.197. The van der Waals surface area contributed by atoms with E-state index in [9.17, 15) is 14.7 Å². The summed E-state index contributed by atoms with van der Waals surface area (Å²) >= 11 is 0. The van der Waals surface area contributed by atoms with Crippen molar-refractivity contribution in [3.8, 4) is 0 Å². The number of aliphatic hydroxyl groups is 1. The Morgan fingerprint density at radius 3 is 2.50 bits per heavy atom. The van der Waals surface area contributed by atoms with Crippen molar-refractivity contribution in [3.05, 3.63) is 0 Å². The van der Waals surface area contributed by atoms with Crippen LogP contribution in [0.4, 0.5) is 0 Å². The van der Waals surface area contributed by atoms with E-state index in [-0.39, 0.29) is 6.42 Å². The third-order valence-electron chi connectivity index (χ3n) is 3.24. The molecular formula is C8H11NO5. The molecule has 2 saturated carbocycles. The number of fused-ring (bicyclic) bond motifs is 1. The van der Waals surface area contributed by atoms with E-state index >= 15 is 0 Å². The van der Waals surface area contributed by atoms with Crippen molar-refractivity contribution >= 4 is 11.9 Å². The number of carboxylic acids is 2. The van der Waals surface area contributed by atoms with Gasteiger partial charge in [0.25, 0.3) is 0 Å². The van der Waals surface area contributed by atoms with Gasteiger partial charge in [0.15, 0.2) is 0 Å². The van der Waals surface area contributed by atoms with Gasteiger partial charge in [-0.1, -0.05) is 0 Å². The molecule has 5 atom stereocenters. The van der Waals surface area contributed by atoms with Crippen LogP contribution in [0.2, 0.25) is 0 Å². The molecule has 0 radical (unpaired) electrons. The minimum atomic E-state index is -2.28. The van der Waals surface area contributed by atoms with Crippen molar-refractivity contribution in [1.82, 2.24) is 0 Å². The summed E-state index contributed by atoms with van der Waals surface area (Å²) in [7, 11) is 0. The van der Waals surface area contributed by atoms with Gasteiger partial charge in [0.2, 0.25) is 0 Å². The van der Waals surface area contributed by atoms with Gasteiger partial charge in [-0.2, -0.15) is 0 Å². The van der Waals surface area contributed by atoms with Crippen LogP contribution >= 0.6 is 0 Å². The Kier molecular flexibility index (Phi) is 1.44. The Balaban J connectivity index is 2.35. The quantitative estimate of drug-likeness (QED) is 0.432. The monoisotopic (exact) mass is 203 g/mol. The zero-order chi connectivity index (χ0) is 11.6. The Morgan fingerprint density at radius 2 is 2.07 bits per heavy atom. The number of carboxylic acid groups (broad SMARTS) is 2. The van der Waals surface area contributed by atoms with E-state index < -0.39 is 41.3 Å².